The van der Waals surface area contributed by atoms with Crippen molar-refractivity contribution in [2.75, 3.05) is 18.4 Å². The maximum atomic E-state index is 11.8. The van der Waals surface area contributed by atoms with Gasteiger partial charge in [-0.05, 0) is 25.5 Å². The maximum Gasteiger partial charge on any atom is 0.273 e. The number of nitrogens with one attached hydrogen (secondary N) is 3. The van der Waals surface area contributed by atoms with E-state index >= 15 is 0 Å². The minimum Gasteiger partial charge on any atom is -0.383 e. The Balaban J connectivity index is 1.81. The first-order valence-electron chi connectivity index (χ1n) is 6.22. The zero-order valence-corrected chi connectivity index (χ0v) is 12.1. The Morgan fingerprint density at radius 2 is 2.20 bits per heavy atom. The summed E-state index contributed by atoms with van der Waals surface area (Å²) < 4.78 is 0. The summed E-state index contributed by atoms with van der Waals surface area (Å²) in [6, 6.07) is 1.89. The molecule has 2 aromatic heterocycles. The van der Waals surface area contributed by atoms with Crippen LogP contribution in [0.1, 0.15) is 21.7 Å². The van der Waals surface area contributed by atoms with Crippen LogP contribution >= 0.6 is 11.6 Å². The molecule has 0 fully saturated rings. The summed E-state index contributed by atoms with van der Waals surface area (Å²) >= 11 is 5.96. The van der Waals surface area contributed by atoms with Crippen molar-refractivity contribution in [3.05, 3.63) is 40.4 Å². The molecular weight excluding hydrogens is 278 g/mol. The number of aryl methyl sites for hydroxylation is 2. The summed E-state index contributed by atoms with van der Waals surface area (Å²) in [7, 11) is 0. The normalized spacial score (nSPS) is 10.3. The van der Waals surface area contributed by atoms with Crippen LogP contribution in [0.5, 0.6) is 0 Å². The van der Waals surface area contributed by atoms with Crippen molar-refractivity contribution >= 4 is 23.2 Å². The number of carbonyl (C=O) groups excluding carboxylic acids is 1. The van der Waals surface area contributed by atoms with Gasteiger partial charge >= 0.3 is 0 Å². The average molecular weight is 294 g/mol. The summed E-state index contributed by atoms with van der Waals surface area (Å²) in [5.74, 6) is -0.285. The second-order valence-electron chi connectivity index (χ2n) is 4.38. The summed E-state index contributed by atoms with van der Waals surface area (Å²) in [4.78, 5) is 15.9. The Bertz CT molecular complexity index is 611. The van der Waals surface area contributed by atoms with E-state index in [0.29, 0.717) is 23.8 Å². The van der Waals surface area contributed by atoms with Crippen LogP contribution < -0.4 is 10.6 Å². The predicted molar refractivity (Wildman–Crippen MR) is 78.1 cm³/mol. The van der Waals surface area contributed by atoms with Crippen molar-refractivity contribution in [3.8, 4) is 0 Å². The molecule has 106 valence electrons. The highest BCUT2D eigenvalue weighted by Crippen LogP contribution is 2.16. The van der Waals surface area contributed by atoms with Crippen LogP contribution in [0.3, 0.4) is 0 Å². The Morgan fingerprint density at radius 3 is 2.85 bits per heavy atom. The molecule has 0 atom stereocenters. The quantitative estimate of drug-likeness (QED) is 0.736. The second kappa shape index (κ2) is 6.38. The lowest BCUT2D eigenvalue weighted by molar-refractivity contribution is 0.0950. The Kier molecular flexibility index (Phi) is 4.57. The number of hydrogen-bond acceptors (Lipinski definition) is 4. The van der Waals surface area contributed by atoms with Gasteiger partial charge in [0.15, 0.2) is 5.69 Å². The van der Waals surface area contributed by atoms with Crippen LogP contribution in [0.25, 0.3) is 0 Å². The van der Waals surface area contributed by atoms with Crippen molar-refractivity contribution < 1.29 is 4.79 Å². The fourth-order valence-electron chi connectivity index (χ4n) is 1.69. The molecule has 6 nitrogen and oxygen atoms in total. The Hall–Kier alpha value is -2.08. The van der Waals surface area contributed by atoms with Gasteiger partial charge < -0.3 is 10.6 Å². The monoisotopic (exact) mass is 293 g/mol. The number of nitrogens with zero attached hydrogens (tertiary/aromatic N) is 2. The van der Waals surface area contributed by atoms with Gasteiger partial charge in [0.05, 0.1) is 10.7 Å². The summed E-state index contributed by atoms with van der Waals surface area (Å²) in [5.41, 5.74) is 2.97. The van der Waals surface area contributed by atoms with Crippen LogP contribution in [-0.2, 0) is 0 Å². The van der Waals surface area contributed by atoms with Crippen molar-refractivity contribution in [2.45, 2.75) is 13.8 Å². The third-order valence-corrected chi connectivity index (χ3v) is 3.30. The van der Waals surface area contributed by atoms with Gasteiger partial charge in [-0.25, -0.2) is 0 Å². The van der Waals surface area contributed by atoms with E-state index in [0.717, 1.165) is 11.3 Å². The molecule has 2 aromatic rings. The first-order valence-corrected chi connectivity index (χ1v) is 6.60. The lowest BCUT2D eigenvalue weighted by atomic mass is 10.2. The lowest BCUT2D eigenvalue weighted by Gasteiger charge is -2.09. The highest BCUT2D eigenvalue weighted by Gasteiger charge is 2.15. The van der Waals surface area contributed by atoms with Gasteiger partial charge in [-0.2, -0.15) is 5.10 Å². The van der Waals surface area contributed by atoms with E-state index in [4.69, 9.17) is 11.6 Å². The van der Waals surface area contributed by atoms with E-state index in [2.05, 4.69) is 25.8 Å². The Morgan fingerprint density at radius 1 is 1.40 bits per heavy atom. The molecule has 0 aliphatic rings. The molecule has 0 aromatic carbocycles. The van der Waals surface area contributed by atoms with Crippen LogP contribution in [0, 0.1) is 13.8 Å². The summed E-state index contributed by atoms with van der Waals surface area (Å²) in [6.07, 6.45) is 3.51. The van der Waals surface area contributed by atoms with Crippen molar-refractivity contribution in [2.24, 2.45) is 0 Å². The fourth-order valence-corrected chi connectivity index (χ4v) is 1.86. The molecule has 2 heterocycles. The molecule has 3 N–H and O–H groups in total. The molecule has 0 aliphatic heterocycles. The smallest absolute Gasteiger partial charge is 0.273 e. The third kappa shape index (κ3) is 3.27. The van der Waals surface area contributed by atoms with Gasteiger partial charge in [-0.15, -0.1) is 0 Å². The number of anilines is 1. The standard InChI is InChI=1S/C13H16ClN5O/c1-8-7-15-4-3-10(8)16-5-6-17-13(20)12-11(14)9(2)18-19-12/h3-4,7H,5-6H2,1-2H3,(H,15,16)(H,17,20)(H,18,19). The van der Waals surface area contributed by atoms with E-state index < -0.39 is 0 Å². The van der Waals surface area contributed by atoms with E-state index in [1.807, 2.05) is 13.0 Å². The molecule has 2 rings (SSSR count). The maximum absolute atomic E-state index is 11.8. The highest BCUT2D eigenvalue weighted by molar-refractivity contribution is 6.34. The molecule has 0 bridgehead atoms. The van der Waals surface area contributed by atoms with Gasteiger partial charge in [-0.3, -0.25) is 14.9 Å². The number of pyridine rings is 1. The lowest BCUT2D eigenvalue weighted by Crippen LogP contribution is -2.29. The van der Waals surface area contributed by atoms with Gasteiger partial charge in [0.25, 0.3) is 5.91 Å². The minimum atomic E-state index is -0.285. The minimum absolute atomic E-state index is 0.226. The molecule has 0 saturated carbocycles. The highest BCUT2D eigenvalue weighted by atomic mass is 35.5. The number of carbonyl (C=O) groups is 1. The number of amides is 1. The van der Waals surface area contributed by atoms with Crippen molar-refractivity contribution in [1.82, 2.24) is 20.5 Å². The van der Waals surface area contributed by atoms with Crippen LogP contribution in [0.2, 0.25) is 5.02 Å². The number of hydrogen-bond donors (Lipinski definition) is 3. The van der Waals surface area contributed by atoms with Crippen LogP contribution in [0.4, 0.5) is 5.69 Å². The first kappa shape index (κ1) is 14.3. The number of halogens is 1. The summed E-state index contributed by atoms with van der Waals surface area (Å²) in [6.45, 7) is 4.82. The first-order chi connectivity index (χ1) is 9.59. The topological polar surface area (TPSA) is 82.7 Å². The largest absolute Gasteiger partial charge is 0.383 e. The molecule has 0 unspecified atom stereocenters. The zero-order chi connectivity index (χ0) is 14.5. The van der Waals surface area contributed by atoms with E-state index in [1.165, 1.54) is 0 Å². The molecule has 0 radical (unpaired) electrons. The molecule has 0 spiro atoms. The SMILES string of the molecule is Cc1cnccc1NCCNC(=O)c1n[nH]c(C)c1Cl. The number of rotatable bonds is 5. The van der Waals surface area contributed by atoms with Crippen LogP contribution in [-0.4, -0.2) is 34.2 Å². The second-order valence-corrected chi connectivity index (χ2v) is 4.76. The van der Waals surface area contributed by atoms with E-state index in [1.54, 1.807) is 19.3 Å². The van der Waals surface area contributed by atoms with Gasteiger partial charge in [0, 0.05) is 31.2 Å². The number of aromatic amines is 1. The van der Waals surface area contributed by atoms with Crippen molar-refractivity contribution in [3.63, 3.8) is 0 Å². The number of H-pyrrole nitrogens is 1. The zero-order valence-electron chi connectivity index (χ0n) is 11.3. The van der Waals surface area contributed by atoms with Gasteiger partial charge in [-0.1, -0.05) is 11.6 Å². The number of aromatic nitrogens is 3. The van der Waals surface area contributed by atoms with Gasteiger partial charge in [0.2, 0.25) is 0 Å². The predicted octanol–water partition coefficient (Wildman–Crippen LogP) is 1.92. The van der Waals surface area contributed by atoms with Gasteiger partial charge in [0.1, 0.15) is 0 Å². The average Bonchev–Trinajstić information content (AvgIpc) is 2.77. The third-order valence-electron chi connectivity index (χ3n) is 2.83. The molecule has 0 aliphatic carbocycles. The molecular formula is C13H16ClN5O. The molecule has 20 heavy (non-hydrogen) atoms. The summed E-state index contributed by atoms with van der Waals surface area (Å²) in [5, 5.41) is 12.9. The molecule has 1 amide bonds. The fraction of sp³-hybridized carbons (Fsp3) is 0.308. The Labute approximate surface area is 121 Å². The molecule has 7 heteroatoms. The van der Waals surface area contributed by atoms with E-state index in [9.17, 15) is 4.79 Å². The molecule has 0 saturated heterocycles. The van der Waals surface area contributed by atoms with Crippen LogP contribution in [0.15, 0.2) is 18.5 Å². The van der Waals surface area contributed by atoms with Crippen molar-refractivity contribution in [1.29, 1.82) is 0 Å². The van der Waals surface area contributed by atoms with E-state index in [-0.39, 0.29) is 11.6 Å².